The molecule has 0 bridgehead atoms. The zero-order valence-electron chi connectivity index (χ0n) is 9.36. The molecule has 0 radical (unpaired) electrons. The lowest BCUT2D eigenvalue weighted by Crippen LogP contribution is -2.12. The molecule has 0 saturated carbocycles. The molecule has 2 nitrogen and oxygen atoms in total. The second kappa shape index (κ2) is 5.35. The monoisotopic (exact) mass is 204 g/mol. The highest BCUT2D eigenvalue weighted by Gasteiger charge is 2.13. The van der Waals surface area contributed by atoms with E-state index in [4.69, 9.17) is 4.74 Å². The van der Waals surface area contributed by atoms with Gasteiger partial charge in [-0.2, -0.15) is 0 Å². The van der Waals surface area contributed by atoms with E-state index in [2.05, 4.69) is 0 Å². The minimum atomic E-state index is -0.265. The first kappa shape index (κ1) is 11.5. The van der Waals surface area contributed by atoms with E-state index in [1.54, 1.807) is 6.08 Å². The first-order valence-electron chi connectivity index (χ1n) is 5.08. The molecule has 80 valence electrons. The van der Waals surface area contributed by atoms with Crippen molar-refractivity contribution in [3.63, 3.8) is 0 Å². The number of allylic oxidation sites excluding steroid dienone is 1. The minimum absolute atomic E-state index is 0.0869. The van der Waals surface area contributed by atoms with E-state index >= 15 is 0 Å². The van der Waals surface area contributed by atoms with Crippen molar-refractivity contribution in [1.82, 2.24) is 0 Å². The summed E-state index contributed by atoms with van der Waals surface area (Å²) in [5, 5.41) is 0. The Hall–Kier alpha value is -1.57. The van der Waals surface area contributed by atoms with Gasteiger partial charge < -0.3 is 4.74 Å². The number of ether oxygens (including phenoxy) is 1. The van der Waals surface area contributed by atoms with E-state index in [1.165, 1.54) is 0 Å². The summed E-state index contributed by atoms with van der Waals surface area (Å²) in [6.07, 6.45) is 1.69. The Morgan fingerprint density at radius 1 is 1.27 bits per heavy atom. The van der Waals surface area contributed by atoms with Gasteiger partial charge in [0, 0.05) is 0 Å². The predicted molar refractivity (Wildman–Crippen MR) is 61.3 cm³/mol. The summed E-state index contributed by atoms with van der Waals surface area (Å²) in [5.74, 6) is -0.265. The van der Waals surface area contributed by atoms with Gasteiger partial charge in [-0.1, -0.05) is 36.4 Å². The molecule has 2 heteroatoms. The molecule has 0 amide bonds. The van der Waals surface area contributed by atoms with Gasteiger partial charge in [-0.3, -0.25) is 0 Å². The highest BCUT2D eigenvalue weighted by molar-refractivity contribution is 6.16. The van der Waals surface area contributed by atoms with Crippen LogP contribution in [0.15, 0.2) is 36.4 Å². The van der Waals surface area contributed by atoms with Crippen LogP contribution in [-0.4, -0.2) is 12.1 Å². The zero-order valence-corrected chi connectivity index (χ0v) is 9.36. The summed E-state index contributed by atoms with van der Waals surface area (Å²) < 4.78 is 5.15. The minimum Gasteiger partial charge on any atom is -0.459 e. The molecule has 0 saturated heterocycles. The third-order valence-electron chi connectivity index (χ3n) is 1.94. The summed E-state index contributed by atoms with van der Waals surface area (Å²) in [6, 6.07) is 9.53. The third-order valence-corrected chi connectivity index (χ3v) is 1.94. The zero-order chi connectivity index (χ0) is 11.3. The number of esters is 1. The van der Waals surface area contributed by atoms with Gasteiger partial charge in [-0.25, -0.2) is 4.79 Å². The number of rotatable bonds is 3. The van der Waals surface area contributed by atoms with Gasteiger partial charge in [-0.15, -0.1) is 0 Å². The van der Waals surface area contributed by atoms with Crippen LogP contribution in [0.25, 0.3) is 5.57 Å². The van der Waals surface area contributed by atoms with Crippen molar-refractivity contribution in [2.45, 2.75) is 26.9 Å². The summed E-state index contributed by atoms with van der Waals surface area (Å²) in [6.45, 7) is 5.52. The molecule has 0 unspecified atom stereocenters. The van der Waals surface area contributed by atoms with Gasteiger partial charge >= 0.3 is 5.97 Å². The first-order valence-corrected chi connectivity index (χ1v) is 5.08. The van der Waals surface area contributed by atoms with E-state index < -0.39 is 0 Å². The summed E-state index contributed by atoms with van der Waals surface area (Å²) in [7, 11) is 0. The molecule has 1 rings (SSSR count). The maximum atomic E-state index is 11.7. The van der Waals surface area contributed by atoms with Crippen LogP contribution in [0.3, 0.4) is 0 Å². The molecule has 1 aromatic rings. The van der Waals surface area contributed by atoms with Crippen LogP contribution in [0.4, 0.5) is 0 Å². The number of carbonyl (C=O) groups is 1. The van der Waals surface area contributed by atoms with Crippen molar-refractivity contribution in [3.05, 3.63) is 42.0 Å². The van der Waals surface area contributed by atoms with E-state index in [-0.39, 0.29) is 12.1 Å². The summed E-state index contributed by atoms with van der Waals surface area (Å²) in [5.41, 5.74) is 1.51. The molecule has 0 atom stereocenters. The van der Waals surface area contributed by atoms with Crippen LogP contribution in [0.1, 0.15) is 26.3 Å². The summed E-state index contributed by atoms with van der Waals surface area (Å²) in [4.78, 5) is 11.7. The van der Waals surface area contributed by atoms with E-state index in [1.807, 2.05) is 51.1 Å². The Balaban J connectivity index is 2.87. The Bertz CT molecular complexity index is 350. The molecule has 15 heavy (non-hydrogen) atoms. The summed E-state index contributed by atoms with van der Waals surface area (Å²) >= 11 is 0. The Morgan fingerprint density at radius 3 is 2.33 bits per heavy atom. The number of carbonyl (C=O) groups excluding carboxylic acids is 1. The molecule has 1 aromatic carbocycles. The van der Waals surface area contributed by atoms with Crippen LogP contribution < -0.4 is 0 Å². The smallest absolute Gasteiger partial charge is 0.338 e. The number of benzene rings is 1. The average molecular weight is 204 g/mol. The SMILES string of the molecule is C/C=C(/C(=O)OC(C)C)c1ccccc1. The highest BCUT2D eigenvalue weighted by Crippen LogP contribution is 2.16. The fourth-order valence-electron chi connectivity index (χ4n) is 1.30. The normalized spacial score (nSPS) is 11.6. The van der Waals surface area contributed by atoms with Crippen molar-refractivity contribution in [1.29, 1.82) is 0 Å². The molecular formula is C13H16O2. The lowest BCUT2D eigenvalue weighted by atomic mass is 10.1. The quantitative estimate of drug-likeness (QED) is 0.558. The van der Waals surface area contributed by atoms with Crippen molar-refractivity contribution < 1.29 is 9.53 Å². The molecular weight excluding hydrogens is 188 g/mol. The maximum Gasteiger partial charge on any atom is 0.338 e. The lowest BCUT2D eigenvalue weighted by molar-refractivity contribution is -0.140. The van der Waals surface area contributed by atoms with Crippen molar-refractivity contribution in [3.8, 4) is 0 Å². The number of hydrogen-bond acceptors (Lipinski definition) is 2. The molecule has 0 spiro atoms. The second-order valence-electron chi connectivity index (χ2n) is 3.52. The van der Waals surface area contributed by atoms with Crippen LogP contribution >= 0.6 is 0 Å². The molecule has 0 aliphatic rings. The highest BCUT2D eigenvalue weighted by atomic mass is 16.5. The number of hydrogen-bond donors (Lipinski definition) is 0. The average Bonchev–Trinajstić information content (AvgIpc) is 2.19. The van der Waals surface area contributed by atoms with E-state index in [0.29, 0.717) is 5.57 Å². The predicted octanol–water partition coefficient (Wildman–Crippen LogP) is 3.04. The first-order chi connectivity index (χ1) is 7.15. The molecule has 0 fully saturated rings. The molecule has 0 aliphatic carbocycles. The topological polar surface area (TPSA) is 26.3 Å². The molecule has 0 aliphatic heterocycles. The fraction of sp³-hybridized carbons (Fsp3) is 0.308. The third kappa shape index (κ3) is 3.24. The van der Waals surface area contributed by atoms with Crippen molar-refractivity contribution in [2.75, 3.05) is 0 Å². The van der Waals surface area contributed by atoms with Gasteiger partial charge in [-0.05, 0) is 26.3 Å². The molecule has 0 N–H and O–H groups in total. The van der Waals surface area contributed by atoms with Crippen molar-refractivity contribution in [2.24, 2.45) is 0 Å². The van der Waals surface area contributed by atoms with Gasteiger partial charge in [0.1, 0.15) is 0 Å². The lowest BCUT2D eigenvalue weighted by Gasteiger charge is -2.10. The van der Waals surface area contributed by atoms with Crippen LogP contribution in [-0.2, 0) is 9.53 Å². The van der Waals surface area contributed by atoms with E-state index in [9.17, 15) is 4.79 Å². The van der Waals surface area contributed by atoms with Gasteiger partial charge in [0.2, 0.25) is 0 Å². The molecule has 0 aromatic heterocycles. The fourth-order valence-corrected chi connectivity index (χ4v) is 1.30. The van der Waals surface area contributed by atoms with Crippen LogP contribution in [0.5, 0.6) is 0 Å². The van der Waals surface area contributed by atoms with Gasteiger partial charge in [0.05, 0.1) is 11.7 Å². The van der Waals surface area contributed by atoms with Crippen LogP contribution in [0, 0.1) is 0 Å². The largest absolute Gasteiger partial charge is 0.459 e. The Kier molecular flexibility index (Phi) is 4.10. The Labute approximate surface area is 90.6 Å². The van der Waals surface area contributed by atoms with Crippen molar-refractivity contribution >= 4 is 11.5 Å². The van der Waals surface area contributed by atoms with Crippen LogP contribution in [0.2, 0.25) is 0 Å². The maximum absolute atomic E-state index is 11.7. The second-order valence-corrected chi connectivity index (χ2v) is 3.52. The Morgan fingerprint density at radius 2 is 1.87 bits per heavy atom. The van der Waals surface area contributed by atoms with Gasteiger partial charge in [0.25, 0.3) is 0 Å². The van der Waals surface area contributed by atoms with Gasteiger partial charge in [0.15, 0.2) is 0 Å². The van der Waals surface area contributed by atoms with E-state index in [0.717, 1.165) is 5.56 Å². The molecule has 0 heterocycles. The standard InChI is InChI=1S/C13H16O2/c1-4-12(13(14)15-10(2)3)11-8-6-5-7-9-11/h4-10H,1-3H3/b12-4+.